The molecule has 0 aromatic rings. The van der Waals surface area contributed by atoms with Crippen molar-refractivity contribution in [1.29, 1.82) is 0 Å². The molecule has 0 saturated carbocycles. The average molecular weight is 837 g/mol. The Kier molecular flexibility index (Phi) is 18.8. The van der Waals surface area contributed by atoms with Gasteiger partial charge in [-0.25, -0.2) is 0 Å². The summed E-state index contributed by atoms with van der Waals surface area (Å²) in [5.74, 6) is -4.14. The summed E-state index contributed by atoms with van der Waals surface area (Å²) in [6.45, 7) is 17.3. The zero-order valence-corrected chi connectivity index (χ0v) is 37.3. The molecule has 0 spiro atoms. The number of methoxy groups -OCH3 is 2. The van der Waals surface area contributed by atoms with Crippen LogP contribution in [0.15, 0.2) is 5.16 Å². The molecule has 3 fully saturated rings. The van der Waals surface area contributed by atoms with E-state index in [1.54, 1.807) is 55.6 Å². The monoisotopic (exact) mass is 837 g/mol. The summed E-state index contributed by atoms with van der Waals surface area (Å²) in [5.41, 5.74) is -4.49. The minimum absolute atomic E-state index is 0.0307. The highest BCUT2D eigenvalue weighted by atomic mass is 16.7. The van der Waals surface area contributed by atoms with Crippen molar-refractivity contribution < 1.29 is 73.1 Å². The minimum atomic E-state index is -1.97. The van der Waals surface area contributed by atoms with Crippen molar-refractivity contribution in [1.82, 2.24) is 4.90 Å². The molecule has 0 aromatic carbocycles. The van der Waals surface area contributed by atoms with Gasteiger partial charge in [-0.1, -0.05) is 32.9 Å². The Morgan fingerprint density at radius 1 is 0.897 bits per heavy atom. The van der Waals surface area contributed by atoms with Gasteiger partial charge in [-0.05, 0) is 74.9 Å². The number of aliphatic hydroxyl groups is 5. The van der Waals surface area contributed by atoms with E-state index in [-0.39, 0.29) is 44.8 Å². The SMILES string of the molecule is CC[C@H]1OC(=O)[C@H](C)[C@@H](OC2CC(C)(OC)C(O)C(C)O2)[C@H](C)[C@@H](OC2OC(C)CC(N(C)C)C2O)[C@](C)(O)C[C@@H](C)/C(=N\OCOCCOC)[C@H](C)[C@@H](O)[C@]1(C)O. The van der Waals surface area contributed by atoms with E-state index >= 15 is 0 Å². The Balaban J connectivity index is 2.22. The van der Waals surface area contributed by atoms with Gasteiger partial charge in [-0.15, -0.1) is 0 Å². The van der Waals surface area contributed by atoms with Gasteiger partial charge in [0.05, 0.1) is 66.6 Å². The number of hydrogen-bond acceptors (Lipinski definition) is 17. The summed E-state index contributed by atoms with van der Waals surface area (Å²) in [4.78, 5) is 21.8. The molecule has 8 unspecified atom stereocenters. The summed E-state index contributed by atoms with van der Waals surface area (Å²) in [6.07, 6.45) is -9.49. The molecular weight excluding hydrogens is 760 g/mol. The lowest BCUT2D eigenvalue weighted by Crippen LogP contribution is -2.61. The molecule has 5 N–H and O–H groups in total. The molecule has 17 heteroatoms. The van der Waals surface area contributed by atoms with Crippen LogP contribution in [0.3, 0.4) is 0 Å². The summed E-state index contributed by atoms with van der Waals surface area (Å²) in [5, 5.41) is 63.6. The van der Waals surface area contributed by atoms with Crippen molar-refractivity contribution >= 4 is 11.7 Å². The quantitative estimate of drug-likeness (QED) is 0.0778. The second-order valence-electron chi connectivity index (χ2n) is 17.7. The lowest BCUT2D eigenvalue weighted by molar-refractivity contribution is -0.317. The van der Waals surface area contributed by atoms with Gasteiger partial charge in [-0.2, -0.15) is 0 Å². The van der Waals surface area contributed by atoms with Gasteiger partial charge in [0.25, 0.3) is 0 Å². The minimum Gasteiger partial charge on any atom is -0.459 e. The average Bonchev–Trinajstić information content (AvgIpc) is 3.15. The molecule has 3 aliphatic rings. The number of aliphatic hydroxyl groups excluding tert-OH is 3. The highest BCUT2D eigenvalue weighted by Gasteiger charge is 2.53. The summed E-state index contributed by atoms with van der Waals surface area (Å²) in [6, 6.07) is -0.328. The van der Waals surface area contributed by atoms with E-state index in [4.69, 9.17) is 42.7 Å². The molecule has 0 radical (unpaired) electrons. The van der Waals surface area contributed by atoms with Crippen LogP contribution in [0.4, 0.5) is 0 Å². The number of hydrogen-bond donors (Lipinski definition) is 5. The first-order valence-electron chi connectivity index (χ1n) is 20.8. The summed E-state index contributed by atoms with van der Waals surface area (Å²) < 4.78 is 48.1. The normalized spacial score (nSPS) is 45.8. The second-order valence-corrected chi connectivity index (χ2v) is 17.7. The van der Waals surface area contributed by atoms with Gasteiger partial charge in [0.15, 0.2) is 12.6 Å². The van der Waals surface area contributed by atoms with Crippen LogP contribution < -0.4 is 0 Å². The molecule has 0 aliphatic carbocycles. The zero-order chi connectivity index (χ0) is 43.9. The highest BCUT2D eigenvalue weighted by Crippen LogP contribution is 2.41. The van der Waals surface area contributed by atoms with E-state index in [0.29, 0.717) is 18.7 Å². The van der Waals surface area contributed by atoms with Crippen LogP contribution in [0.2, 0.25) is 0 Å². The van der Waals surface area contributed by atoms with Crippen LogP contribution in [0, 0.1) is 23.7 Å². The molecule has 58 heavy (non-hydrogen) atoms. The maximum Gasteiger partial charge on any atom is 0.311 e. The topological polar surface area (TPSA) is 217 Å². The van der Waals surface area contributed by atoms with Crippen LogP contribution in [0.5, 0.6) is 0 Å². The molecule has 3 saturated heterocycles. The lowest BCUT2D eigenvalue weighted by Gasteiger charge is -2.49. The third kappa shape index (κ3) is 12.1. The first-order chi connectivity index (χ1) is 27.0. The van der Waals surface area contributed by atoms with Gasteiger partial charge in [-0.3, -0.25) is 4.79 Å². The van der Waals surface area contributed by atoms with E-state index in [9.17, 15) is 30.3 Å². The van der Waals surface area contributed by atoms with Crippen LogP contribution >= 0.6 is 0 Å². The predicted octanol–water partition coefficient (Wildman–Crippen LogP) is 2.21. The number of carbonyl (C=O) groups is 1. The second kappa shape index (κ2) is 21.5. The number of esters is 1. The molecule has 0 amide bonds. The first kappa shape index (κ1) is 50.8. The van der Waals surface area contributed by atoms with Crippen molar-refractivity contribution in [2.45, 2.75) is 179 Å². The number of cyclic esters (lactones) is 1. The number of oxime groups is 1. The number of ether oxygens (including phenoxy) is 8. The van der Waals surface area contributed by atoms with Crippen LogP contribution in [-0.2, 0) is 47.5 Å². The molecule has 17 nitrogen and oxygen atoms in total. The van der Waals surface area contributed by atoms with E-state index in [0.717, 1.165) is 0 Å². The van der Waals surface area contributed by atoms with Crippen molar-refractivity contribution in [2.75, 3.05) is 48.3 Å². The summed E-state index contributed by atoms with van der Waals surface area (Å²) in [7, 11) is 6.76. The Morgan fingerprint density at radius 3 is 2.14 bits per heavy atom. The van der Waals surface area contributed by atoms with E-state index in [1.807, 2.05) is 32.8 Å². The first-order valence-corrected chi connectivity index (χ1v) is 20.8. The largest absolute Gasteiger partial charge is 0.459 e. The van der Waals surface area contributed by atoms with E-state index < -0.39 is 102 Å². The standard InChI is InChI=1S/C41H76N2O15/c1-15-29-41(10,49)34(45)24(4)31(42-53-21-52-17-16-50-13)22(2)19-39(8,48)36(58-38-32(44)28(43(11)12)18-23(3)54-38)25(5)33(26(6)37(47)56-29)57-30-20-40(9,51-14)35(46)27(7)55-30/h22-30,32-36,38,44-46,48-49H,15-21H2,1-14H3/b42-31+/t22-,23?,24+,25+,26-,27?,28?,29-,30?,32?,33+,34-,35?,36-,38?,39-,40?,41-/m1/s1. The van der Waals surface area contributed by atoms with Crippen LogP contribution in [0.25, 0.3) is 0 Å². The van der Waals surface area contributed by atoms with Crippen molar-refractivity contribution in [3.63, 3.8) is 0 Å². The lowest BCUT2D eigenvalue weighted by atomic mass is 9.73. The number of rotatable bonds is 13. The maximum absolute atomic E-state index is 14.3. The number of carbonyl (C=O) groups excluding carboxylic acids is 1. The Labute approximate surface area is 345 Å². The van der Waals surface area contributed by atoms with Gasteiger partial charge < -0.3 is 73.2 Å². The maximum atomic E-state index is 14.3. The van der Waals surface area contributed by atoms with Crippen molar-refractivity contribution in [3.05, 3.63) is 0 Å². The Bertz CT molecular complexity index is 1300. The molecule has 0 bridgehead atoms. The van der Waals surface area contributed by atoms with E-state index in [1.165, 1.54) is 14.0 Å². The third-order valence-corrected chi connectivity index (χ3v) is 12.6. The molecular formula is C41H76N2O15. The fraction of sp³-hybridized carbons (Fsp3) is 0.951. The van der Waals surface area contributed by atoms with Gasteiger partial charge >= 0.3 is 5.97 Å². The Morgan fingerprint density at radius 2 is 1.55 bits per heavy atom. The van der Waals surface area contributed by atoms with E-state index in [2.05, 4.69) is 5.16 Å². The summed E-state index contributed by atoms with van der Waals surface area (Å²) >= 11 is 0. The molecule has 0 aromatic heterocycles. The van der Waals surface area contributed by atoms with Gasteiger partial charge in [0.2, 0.25) is 6.79 Å². The molecule has 18 atom stereocenters. The van der Waals surface area contributed by atoms with Gasteiger partial charge in [0.1, 0.15) is 23.9 Å². The Hall–Kier alpha value is -1.58. The number of likely N-dealkylation sites (N-methyl/N-ethyl adjacent to an activating group) is 1. The molecule has 3 rings (SSSR count). The zero-order valence-electron chi connectivity index (χ0n) is 37.3. The van der Waals surface area contributed by atoms with Gasteiger partial charge in [0, 0.05) is 44.4 Å². The highest BCUT2D eigenvalue weighted by molar-refractivity contribution is 5.88. The predicted molar refractivity (Wildman–Crippen MR) is 212 cm³/mol. The van der Waals surface area contributed by atoms with Crippen molar-refractivity contribution in [3.8, 4) is 0 Å². The fourth-order valence-corrected chi connectivity index (χ4v) is 8.93. The van der Waals surface area contributed by atoms with Crippen molar-refractivity contribution in [2.24, 2.45) is 28.8 Å². The van der Waals surface area contributed by atoms with Crippen LogP contribution in [-0.4, -0.2) is 175 Å². The van der Waals surface area contributed by atoms with Crippen LogP contribution in [0.1, 0.15) is 94.9 Å². The third-order valence-electron chi connectivity index (χ3n) is 12.6. The molecule has 3 aliphatic heterocycles. The number of nitrogens with zero attached hydrogens (tertiary/aromatic N) is 2. The molecule has 3 heterocycles. The molecule has 340 valence electrons. The fourth-order valence-electron chi connectivity index (χ4n) is 8.93. The smallest absolute Gasteiger partial charge is 0.311 e.